The standard InChI is InChI=1S/C25H32N4O3Si/c1-6-32-21-11-7-19(8-12-21)24(28-23(30)15-18-16-26-29(2)17-18)25(31)27-20-9-13-22(14-10-20)33(3,4)5/h7-14,16-17,24H,6,15H2,1-5H3,(H,27,31)(H,28,30). The Bertz CT molecular complexity index is 1090. The maximum absolute atomic E-state index is 13.2. The number of amides is 2. The molecule has 1 atom stereocenters. The number of aryl methyl sites for hydroxylation is 1. The Morgan fingerprint density at radius 1 is 1.06 bits per heavy atom. The number of hydrogen-bond donors (Lipinski definition) is 2. The molecule has 1 aromatic heterocycles. The van der Waals surface area contributed by atoms with E-state index >= 15 is 0 Å². The van der Waals surface area contributed by atoms with Crippen molar-refractivity contribution in [2.75, 3.05) is 11.9 Å². The summed E-state index contributed by atoms with van der Waals surface area (Å²) < 4.78 is 7.15. The van der Waals surface area contributed by atoms with Crippen LogP contribution in [0.5, 0.6) is 5.75 Å². The van der Waals surface area contributed by atoms with Gasteiger partial charge in [0.1, 0.15) is 11.8 Å². The van der Waals surface area contributed by atoms with Gasteiger partial charge >= 0.3 is 0 Å². The van der Waals surface area contributed by atoms with Gasteiger partial charge in [0.05, 0.1) is 27.3 Å². The molecule has 0 saturated carbocycles. The molecule has 3 aromatic rings. The predicted molar refractivity (Wildman–Crippen MR) is 133 cm³/mol. The topological polar surface area (TPSA) is 85.2 Å². The number of rotatable bonds is 9. The van der Waals surface area contributed by atoms with E-state index in [0.717, 1.165) is 5.56 Å². The number of nitrogens with one attached hydrogen (secondary N) is 2. The van der Waals surface area contributed by atoms with Gasteiger partial charge in [-0.2, -0.15) is 5.10 Å². The highest BCUT2D eigenvalue weighted by Crippen LogP contribution is 2.20. The van der Waals surface area contributed by atoms with Crippen LogP contribution in [0, 0.1) is 0 Å². The molecule has 1 unspecified atom stereocenters. The molecular formula is C25H32N4O3Si. The second kappa shape index (κ2) is 10.5. The molecule has 0 saturated heterocycles. The lowest BCUT2D eigenvalue weighted by atomic mass is 10.0. The van der Waals surface area contributed by atoms with Crippen LogP contribution in [0.2, 0.25) is 19.6 Å². The van der Waals surface area contributed by atoms with E-state index in [1.54, 1.807) is 48.4 Å². The van der Waals surface area contributed by atoms with Crippen LogP contribution < -0.4 is 20.6 Å². The Balaban J connectivity index is 1.79. The molecule has 33 heavy (non-hydrogen) atoms. The van der Waals surface area contributed by atoms with E-state index in [0.29, 0.717) is 23.6 Å². The van der Waals surface area contributed by atoms with Crippen molar-refractivity contribution in [3.05, 3.63) is 72.1 Å². The average Bonchev–Trinajstić information content (AvgIpc) is 3.17. The summed E-state index contributed by atoms with van der Waals surface area (Å²) in [7, 11) is 0.368. The summed E-state index contributed by atoms with van der Waals surface area (Å²) in [5.74, 6) is 0.148. The molecule has 0 spiro atoms. The normalized spacial score (nSPS) is 12.2. The van der Waals surface area contributed by atoms with Crippen molar-refractivity contribution in [2.45, 2.75) is 39.0 Å². The van der Waals surface area contributed by atoms with E-state index in [1.165, 1.54) is 5.19 Å². The third-order valence-corrected chi connectivity index (χ3v) is 7.30. The molecule has 0 fully saturated rings. The van der Waals surface area contributed by atoms with Crippen LogP contribution in [0.15, 0.2) is 60.9 Å². The van der Waals surface area contributed by atoms with E-state index in [2.05, 4.69) is 47.5 Å². The molecular weight excluding hydrogens is 432 g/mol. The molecule has 0 radical (unpaired) electrons. The Hall–Kier alpha value is -3.39. The smallest absolute Gasteiger partial charge is 0.251 e. The van der Waals surface area contributed by atoms with Crippen molar-refractivity contribution >= 4 is 30.8 Å². The molecule has 0 aliphatic heterocycles. The molecule has 8 heteroatoms. The first kappa shape index (κ1) is 24.3. The van der Waals surface area contributed by atoms with Gasteiger partial charge in [-0.1, -0.05) is 49.1 Å². The first-order chi connectivity index (χ1) is 15.7. The van der Waals surface area contributed by atoms with E-state index in [4.69, 9.17) is 4.74 Å². The van der Waals surface area contributed by atoms with Crippen molar-refractivity contribution in [3.63, 3.8) is 0 Å². The van der Waals surface area contributed by atoms with Gasteiger partial charge in [0.2, 0.25) is 5.91 Å². The number of hydrogen-bond acceptors (Lipinski definition) is 4. The van der Waals surface area contributed by atoms with Gasteiger partial charge in [0.25, 0.3) is 5.91 Å². The lowest BCUT2D eigenvalue weighted by molar-refractivity contribution is -0.126. The summed E-state index contributed by atoms with van der Waals surface area (Å²) in [4.78, 5) is 26.0. The van der Waals surface area contributed by atoms with Gasteiger partial charge in [-0.25, -0.2) is 0 Å². The van der Waals surface area contributed by atoms with Crippen molar-refractivity contribution in [1.29, 1.82) is 0 Å². The van der Waals surface area contributed by atoms with E-state index in [-0.39, 0.29) is 18.2 Å². The first-order valence-corrected chi connectivity index (χ1v) is 14.6. The van der Waals surface area contributed by atoms with Crippen LogP contribution >= 0.6 is 0 Å². The number of carbonyl (C=O) groups is 2. The molecule has 174 valence electrons. The molecule has 0 bridgehead atoms. The number of aromatic nitrogens is 2. The second-order valence-electron chi connectivity index (χ2n) is 9.02. The van der Waals surface area contributed by atoms with Crippen molar-refractivity contribution in [2.24, 2.45) is 7.05 Å². The fourth-order valence-corrected chi connectivity index (χ4v) is 4.62. The van der Waals surface area contributed by atoms with E-state index < -0.39 is 14.1 Å². The van der Waals surface area contributed by atoms with E-state index in [9.17, 15) is 9.59 Å². The third-order valence-electron chi connectivity index (χ3n) is 5.23. The SMILES string of the molecule is CCOc1ccc(C(NC(=O)Cc2cnn(C)c2)C(=O)Nc2ccc([Si](C)(C)C)cc2)cc1. The third kappa shape index (κ3) is 6.79. The van der Waals surface area contributed by atoms with Gasteiger partial charge in [0.15, 0.2) is 0 Å². The maximum atomic E-state index is 13.2. The molecule has 0 aliphatic carbocycles. The molecule has 3 rings (SSSR count). The van der Waals surface area contributed by atoms with Crippen LogP contribution in [0.4, 0.5) is 5.69 Å². The monoisotopic (exact) mass is 464 g/mol. The minimum atomic E-state index is -1.43. The molecule has 0 aliphatic rings. The molecule has 2 N–H and O–H groups in total. The van der Waals surface area contributed by atoms with Gasteiger partial charge in [-0.3, -0.25) is 14.3 Å². The lowest BCUT2D eigenvalue weighted by Gasteiger charge is -2.20. The van der Waals surface area contributed by atoms with Crippen molar-refractivity contribution in [3.8, 4) is 5.75 Å². The number of benzene rings is 2. The quantitative estimate of drug-likeness (QED) is 0.475. The van der Waals surface area contributed by atoms with Crippen LogP contribution in [0.3, 0.4) is 0 Å². The fourth-order valence-electron chi connectivity index (χ4n) is 3.45. The zero-order valence-corrected chi connectivity index (χ0v) is 20.9. The molecule has 7 nitrogen and oxygen atoms in total. The zero-order valence-electron chi connectivity index (χ0n) is 19.9. The Morgan fingerprint density at radius 2 is 1.73 bits per heavy atom. The molecule has 2 amide bonds. The Labute approximate surface area is 196 Å². The minimum Gasteiger partial charge on any atom is -0.494 e. The van der Waals surface area contributed by atoms with Gasteiger partial charge < -0.3 is 15.4 Å². The predicted octanol–water partition coefficient (Wildman–Crippen LogP) is 3.40. The average molecular weight is 465 g/mol. The van der Waals surface area contributed by atoms with E-state index in [1.807, 2.05) is 19.1 Å². The fraction of sp³-hybridized carbons (Fsp3) is 0.320. The number of anilines is 1. The van der Waals surface area contributed by atoms with Crippen molar-refractivity contribution in [1.82, 2.24) is 15.1 Å². The summed E-state index contributed by atoms with van der Waals surface area (Å²) in [6.45, 7) is 9.30. The van der Waals surface area contributed by atoms with Gasteiger partial charge in [0, 0.05) is 18.9 Å². The summed E-state index contributed by atoms with van der Waals surface area (Å²) in [6.07, 6.45) is 3.57. The highest BCUT2D eigenvalue weighted by Gasteiger charge is 2.24. The van der Waals surface area contributed by atoms with Gasteiger partial charge in [-0.15, -0.1) is 0 Å². The number of carbonyl (C=O) groups excluding carboxylic acids is 2. The largest absolute Gasteiger partial charge is 0.494 e. The summed E-state index contributed by atoms with van der Waals surface area (Å²) >= 11 is 0. The summed E-state index contributed by atoms with van der Waals surface area (Å²) in [5, 5.41) is 11.2. The second-order valence-corrected chi connectivity index (χ2v) is 14.1. The Kier molecular flexibility index (Phi) is 7.70. The Morgan fingerprint density at radius 3 is 2.27 bits per heavy atom. The number of nitrogens with zero attached hydrogens (tertiary/aromatic N) is 2. The van der Waals surface area contributed by atoms with Crippen LogP contribution in [0.1, 0.15) is 24.1 Å². The van der Waals surface area contributed by atoms with Crippen LogP contribution in [-0.4, -0.2) is 36.3 Å². The van der Waals surface area contributed by atoms with Crippen LogP contribution in [0.25, 0.3) is 0 Å². The molecule has 2 aromatic carbocycles. The maximum Gasteiger partial charge on any atom is 0.251 e. The highest BCUT2D eigenvalue weighted by atomic mass is 28.3. The van der Waals surface area contributed by atoms with Crippen LogP contribution in [-0.2, 0) is 23.1 Å². The van der Waals surface area contributed by atoms with Crippen molar-refractivity contribution < 1.29 is 14.3 Å². The summed E-state index contributed by atoms with van der Waals surface area (Å²) in [6, 6.07) is 14.3. The first-order valence-electron chi connectivity index (χ1n) is 11.1. The molecule has 1 heterocycles. The van der Waals surface area contributed by atoms with Gasteiger partial charge in [-0.05, 0) is 42.3 Å². The lowest BCUT2D eigenvalue weighted by Crippen LogP contribution is -2.38. The number of ether oxygens (including phenoxy) is 1. The minimum absolute atomic E-state index is 0.138. The zero-order chi connectivity index (χ0) is 24.0. The highest BCUT2D eigenvalue weighted by molar-refractivity contribution is 6.88. The summed E-state index contributed by atoms with van der Waals surface area (Å²) in [5.41, 5.74) is 2.15.